The van der Waals surface area contributed by atoms with Crippen LogP contribution in [0.5, 0.6) is 0 Å². The van der Waals surface area contributed by atoms with Crippen molar-refractivity contribution in [2.75, 3.05) is 25.9 Å². The van der Waals surface area contributed by atoms with Gasteiger partial charge in [0.1, 0.15) is 6.17 Å². The van der Waals surface area contributed by atoms with E-state index >= 15 is 0 Å². The van der Waals surface area contributed by atoms with Crippen LogP contribution in [0, 0.1) is 18.8 Å². The molecule has 1 saturated heterocycles. The van der Waals surface area contributed by atoms with Gasteiger partial charge in [0.2, 0.25) is 0 Å². The van der Waals surface area contributed by atoms with Gasteiger partial charge in [-0.2, -0.15) is 0 Å². The van der Waals surface area contributed by atoms with Crippen LogP contribution >= 0.6 is 11.8 Å². The number of thioether (sulfide) groups is 1. The number of fused-ring (bicyclic) bond motifs is 1. The van der Waals surface area contributed by atoms with Gasteiger partial charge in [-0.25, -0.2) is 9.38 Å². The average molecular weight is 471 g/mol. The molecule has 3 heterocycles. The Hall–Kier alpha value is -2.45. The molecular weight excluding hydrogens is 439 g/mol. The number of nitrogens with zero attached hydrogens (tertiary/aromatic N) is 2. The van der Waals surface area contributed by atoms with E-state index in [0.29, 0.717) is 17.8 Å². The van der Waals surface area contributed by atoms with E-state index in [4.69, 9.17) is 0 Å². The van der Waals surface area contributed by atoms with Crippen LogP contribution in [0.3, 0.4) is 0 Å². The predicted octanol–water partition coefficient (Wildman–Crippen LogP) is 4.05. The number of rotatable bonds is 6. The van der Waals surface area contributed by atoms with Crippen molar-refractivity contribution < 1.29 is 14.0 Å². The molecule has 0 aliphatic carbocycles. The molecule has 4 atom stereocenters. The summed E-state index contributed by atoms with van der Waals surface area (Å²) in [6.45, 7) is 7.11. The maximum Gasteiger partial charge on any atom is 0.255 e. The molecule has 0 bridgehead atoms. The van der Waals surface area contributed by atoms with E-state index in [2.05, 4.69) is 20.2 Å². The molecule has 0 spiro atoms. The smallest absolute Gasteiger partial charge is 0.255 e. The second-order valence-electron chi connectivity index (χ2n) is 8.87. The van der Waals surface area contributed by atoms with Crippen molar-refractivity contribution in [2.45, 2.75) is 39.4 Å². The molecule has 2 amide bonds. The quantitative estimate of drug-likeness (QED) is 0.668. The molecule has 2 aliphatic heterocycles. The molecule has 8 heteroatoms. The number of piperidine rings is 1. The standard InChI is InChI=1S/C25H31FN4O2S/c1-14-11-22(33-4)19(24(31)29-14)12-28-25(32)23-16(3)30(21-8-6-5-7-18(21)23)15(2)17-9-10-27-13-20(17)26/h5-8,11,15,17,19-20,27H,9-10,12-13H2,1-4H3,(H,28,32)/t15-,17-,19?,20+/m1/s1. The first-order chi connectivity index (χ1) is 15.8. The Balaban J connectivity index is 1.63. The van der Waals surface area contributed by atoms with Crippen molar-refractivity contribution in [2.24, 2.45) is 16.8 Å². The molecule has 1 aromatic carbocycles. The van der Waals surface area contributed by atoms with E-state index in [1.54, 1.807) is 6.92 Å². The van der Waals surface area contributed by atoms with Crippen LogP contribution in [0.4, 0.5) is 4.39 Å². The van der Waals surface area contributed by atoms with Crippen LogP contribution in [0.1, 0.15) is 42.4 Å². The molecule has 176 valence electrons. The zero-order valence-electron chi connectivity index (χ0n) is 19.5. The topological polar surface area (TPSA) is 75.5 Å². The molecule has 0 saturated carbocycles. The second-order valence-corrected chi connectivity index (χ2v) is 9.75. The molecule has 33 heavy (non-hydrogen) atoms. The molecule has 2 aromatic rings. The van der Waals surface area contributed by atoms with Crippen LogP contribution < -0.4 is 10.6 Å². The minimum Gasteiger partial charge on any atom is -0.351 e. The summed E-state index contributed by atoms with van der Waals surface area (Å²) in [6.07, 6.45) is 3.65. The minimum absolute atomic E-state index is 0.0863. The fraction of sp³-hybridized carbons (Fsp3) is 0.480. The molecule has 2 aliphatic rings. The molecular formula is C25H31FN4O2S. The molecule has 0 radical (unpaired) electrons. The largest absolute Gasteiger partial charge is 0.351 e. The summed E-state index contributed by atoms with van der Waals surface area (Å²) in [5.74, 6) is -1.04. The Morgan fingerprint density at radius 2 is 2.12 bits per heavy atom. The third-order valence-electron chi connectivity index (χ3n) is 6.85. The first-order valence-corrected chi connectivity index (χ1v) is 12.6. The lowest BCUT2D eigenvalue weighted by Crippen LogP contribution is -2.41. The fourth-order valence-corrected chi connectivity index (χ4v) is 5.92. The summed E-state index contributed by atoms with van der Waals surface area (Å²) in [7, 11) is 0. The molecule has 1 unspecified atom stereocenters. The van der Waals surface area contributed by atoms with E-state index in [1.165, 1.54) is 11.8 Å². The molecule has 6 nitrogen and oxygen atoms in total. The van der Waals surface area contributed by atoms with E-state index in [0.717, 1.165) is 34.5 Å². The number of hydrogen-bond acceptors (Lipinski definition) is 4. The van der Waals surface area contributed by atoms with E-state index in [9.17, 15) is 14.0 Å². The second kappa shape index (κ2) is 9.81. The first-order valence-electron chi connectivity index (χ1n) is 11.4. The third kappa shape index (κ3) is 4.51. The van der Waals surface area contributed by atoms with Gasteiger partial charge in [0.05, 0.1) is 11.5 Å². The van der Waals surface area contributed by atoms with Crippen LogP contribution in [0.15, 0.2) is 40.2 Å². The Kier molecular flexibility index (Phi) is 7.05. The number of benzene rings is 1. The molecule has 1 fully saturated rings. The summed E-state index contributed by atoms with van der Waals surface area (Å²) >= 11 is 1.50. The molecule has 4 rings (SSSR count). The highest BCUT2D eigenvalue weighted by Crippen LogP contribution is 2.36. The number of halogens is 1. The van der Waals surface area contributed by atoms with Crippen LogP contribution in [-0.2, 0) is 4.79 Å². The zero-order valence-corrected chi connectivity index (χ0v) is 20.3. The summed E-state index contributed by atoms with van der Waals surface area (Å²) in [4.78, 5) is 30.8. The van der Waals surface area contributed by atoms with Gasteiger partial charge in [-0.1, -0.05) is 18.2 Å². The van der Waals surface area contributed by atoms with Gasteiger partial charge >= 0.3 is 0 Å². The highest BCUT2D eigenvalue weighted by atomic mass is 32.2. The molecule has 1 aromatic heterocycles. The van der Waals surface area contributed by atoms with E-state index in [1.807, 2.05) is 50.4 Å². The van der Waals surface area contributed by atoms with Gasteiger partial charge in [0.15, 0.2) is 0 Å². The number of alkyl halides is 1. The van der Waals surface area contributed by atoms with Gasteiger partial charge in [-0.05, 0) is 52.1 Å². The summed E-state index contributed by atoms with van der Waals surface area (Å²) < 4.78 is 16.8. The van der Waals surface area contributed by atoms with Crippen molar-refractivity contribution in [1.82, 2.24) is 15.2 Å². The van der Waals surface area contributed by atoms with Crippen LogP contribution in [0.2, 0.25) is 0 Å². The highest BCUT2D eigenvalue weighted by Gasteiger charge is 2.33. The lowest BCUT2D eigenvalue weighted by Gasteiger charge is -2.33. The number of amides is 2. The zero-order chi connectivity index (χ0) is 23.7. The fourth-order valence-electron chi connectivity index (χ4n) is 5.16. The number of aliphatic imine (C=N–C) groups is 1. The minimum atomic E-state index is -0.926. The van der Waals surface area contributed by atoms with Gasteiger partial charge in [-0.15, -0.1) is 11.8 Å². The number of para-hydroxylation sites is 1. The number of carbonyl (C=O) groups excluding carboxylic acids is 2. The average Bonchev–Trinajstić information content (AvgIpc) is 3.09. The van der Waals surface area contributed by atoms with Crippen molar-refractivity contribution in [3.8, 4) is 0 Å². The summed E-state index contributed by atoms with van der Waals surface area (Å²) in [5.41, 5.74) is 3.01. The highest BCUT2D eigenvalue weighted by molar-refractivity contribution is 8.02. The number of dihydropyridines is 1. The lowest BCUT2D eigenvalue weighted by molar-refractivity contribution is -0.120. The van der Waals surface area contributed by atoms with E-state index < -0.39 is 12.1 Å². The Bertz CT molecular complexity index is 1140. The van der Waals surface area contributed by atoms with E-state index in [-0.39, 0.29) is 30.3 Å². The Morgan fingerprint density at radius 3 is 2.85 bits per heavy atom. The van der Waals surface area contributed by atoms with Crippen molar-refractivity contribution >= 4 is 40.2 Å². The lowest BCUT2D eigenvalue weighted by atomic mass is 9.89. The molecule has 2 N–H and O–H groups in total. The number of allylic oxidation sites excluding steroid dienone is 1. The SMILES string of the molecule is CSC1=CC(C)=NC(=O)C1CNC(=O)c1c(C)n([C@H](C)[C@H]2CCNC[C@@H]2F)c2ccccc12. The van der Waals surface area contributed by atoms with Crippen molar-refractivity contribution in [1.29, 1.82) is 0 Å². The van der Waals surface area contributed by atoms with Crippen LogP contribution in [-0.4, -0.2) is 54.2 Å². The normalized spacial score (nSPS) is 24.4. The number of carbonyl (C=O) groups is 2. The maximum atomic E-state index is 14.7. The predicted molar refractivity (Wildman–Crippen MR) is 133 cm³/mol. The van der Waals surface area contributed by atoms with Crippen LogP contribution in [0.25, 0.3) is 10.9 Å². The Labute approximate surface area is 198 Å². The van der Waals surface area contributed by atoms with Crippen molar-refractivity contribution in [3.63, 3.8) is 0 Å². The van der Waals surface area contributed by atoms with Crippen molar-refractivity contribution in [3.05, 3.63) is 46.5 Å². The van der Waals surface area contributed by atoms with Gasteiger partial charge in [-0.3, -0.25) is 9.59 Å². The van der Waals surface area contributed by atoms with Gasteiger partial charge < -0.3 is 15.2 Å². The third-order valence-corrected chi connectivity index (χ3v) is 7.72. The van der Waals surface area contributed by atoms with Gasteiger partial charge in [0.25, 0.3) is 11.8 Å². The number of hydrogen-bond donors (Lipinski definition) is 2. The summed E-state index contributed by atoms with van der Waals surface area (Å²) in [5, 5.41) is 6.93. The number of aromatic nitrogens is 1. The first kappa shape index (κ1) is 23.7. The Morgan fingerprint density at radius 1 is 1.36 bits per heavy atom. The monoisotopic (exact) mass is 470 g/mol. The van der Waals surface area contributed by atoms with Gasteiger partial charge in [0, 0.05) is 52.3 Å². The maximum absolute atomic E-state index is 14.7. The number of nitrogens with one attached hydrogen (secondary N) is 2. The summed E-state index contributed by atoms with van der Waals surface area (Å²) in [6, 6.07) is 7.69.